The molecule has 32 heavy (non-hydrogen) atoms. The third-order valence-corrected chi connectivity index (χ3v) is 6.63. The van der Waals surface area contributed by atoms with Crippen LogP contribution in [-0.2, 0) is 6.54 Å². The fourth-order valence-corrected chi connectivity index (χ4v) is 4.65. The number of hydrogen-bond acceptors (Lipinski definition) is 3. The second-order valence-corrected chi connectivity index (χ2v) is 8.99. The van der Waals surface area contributed by atoms with Gasteiger partial charge < -0.3 is 15.5 Å². The van der Waals surface area contributed by atoms with Crippen LogP contribution in [0, 0.1) is 0 Å². The number of amides is 1. The van der Waals surface area contributed by atoms with Crippen LogP contribution in [0.25, 0.3) is 0 Å². The third kappa shape index (κ3) is 5.03. The van der Waals surface area contributed by atoms with Gasteiger partial charge in [0.05, 0.1) is 0 Å². The molecule has 2 unspecified atom stereocenters. The summed E-state index contributed by atoms with van der Waals surface area (Å²) in [5.74, 6) is 0.509. The first kappa shape index (κ1) is 20.8. The van der Waals surface area contributed by atoms with E-state index in [4.69, 9.17) is 0 Å². The second-order valence-electron chi connectivity index (χ2n) is 8.99. The number of carbonyl (C=O) groups is 1. The van der Waals surface area contributed by atoms with Gasteiger partial charge in [0.2, 0.25) is 0 Å². The molecule has 1 amide bonds. The molecule has 3 aromatic rings. The summed E-state index contributed by atoms with van der Waals surface area (Å²) < 4.78 is 0. The Kier molecular flexibility index (Phi) is 6.22. The summed E-state index contributed by atoms with van der Waals surface area (Å²) in [5, 5.41) is 6.71. The standard InChI is InChI=1S/C28H31N3O/c32-28(23-10-7-11-25(18-23)31-16-5-2-6-17-31)30-24-14-12-22(13-15-24)26-19-27(26)29-20-21-8-3-1-4-9-21/h1,3-4,7-15,18,26-27,29H,2,5-6,16-17,19-20H2,(H,30,32). The van der Waals surface area contributed by atoms with Gasteiger partial charge in [0.15, 0.2) is 0 Å². The Balaban J connectivity index is 1.15. The maximum absolute atomic E-state index is 12.8. The van der Waals surface area contributed by atoms with Gasteiger partial charge in [-0.1, -0.05) is 48.5 Å². The van der Waals surface area contributed by atoms with Crippen molar-refractivity contribution in [2.45, 2.75) is 44.2 Å². The van der Waals surface area contributed by atoms with E-state index in [-0.39, 0.29) is 5.91 Å². The number of nitrogens with zero attached hydrogens (tertiary/aromatic N) is 1. The summed E-state index contributed by atoms with van der Waals surface area (Å²) >= 11 is 0. The largest absolute Gasteiger partial charge is 0.372 e. The molecule has 1 saturated carbocycles. The molecule has 1 aliphatic carbocycles. The number of nitrogens with one attached hydrogen (secondary N) is 2. The number of rotatable bonds is 7. The van der Waals surface area contributed by atoms with Crippen molar-refractivity contribution in [1.29, 1.82) is 0 Å². The van der Waals surface area contributed by atoms with Crippen LogP contribution in [0.4, 0.5) is 11.4 Å². The van der Waals surface area contributed by atoms with Crippen molar-refractivity contribution >= 4 is 17.3 Å². The lowest BCUT2D eigenvalue weighted by atomic mass is 10.1. The zero-order valence-corrected chi connectivity index (χ0v) is 18.5. The molecule has 1 aliphatic heterocycles. The summed E-state index contributed by atoms with van der Waals surface area (Å²) in [6.07, 6.45) is 4.93. The number of anilines is 2. The van der Waals surface area contributed by atoms with E-state index in [0.29, 0.717) is 17.5 Å². The summed E-state index contributed by atoms with van der Waals surface area (Å²) in [4.78, 5) is 15.2. The molecule has 4 nitrogen and oxygen atoms in total. The fourth-order valence-electron chi connectivity index (χ4n) is 4.65. The Morgan fingerprint density at radius 3 is 2.44 bits per heavy atom. The van der Waals surface area contributed by atoms with Crippen LogP contribution in [0.15, 0.2) is 78.9 Å². The van der Waals surface area contributed by atoms with Crippen LogP contribution in [0.1, 0.15) is 53.1 Å². The molecule has 1 saturated heterocycles. The first-order valence-electron chi connectivity index (χ1n) is 11.8. The minimum Gasteiger partial charge on any atom is -0.372 e. The van der Waals surface area contributed by atoms with Crippen LogP contribution >= 0.6 is 0 Å². The van der Waals surface area contributed by atoms with Crippen LogP contribution in [0.3, 0.4) is 0 Å². The van der Waals surface area contributed by atoms with Gasteiger partial charge in [-0.25, -0.2) is 0 Å². The van der Waals surface area contributed by atoms with Crippen LogP contribution in [0.5, 0.6) is 0 Å². The van der Waals surface area contributed by atoms with Crippen molar-refractivity contribution in [3.63, 3.8) is 0 Å². The molecule has 0 bridgehead atoms. The van der Waals surface area contributed by atoms with Crippen LogP contribution in [0.2, 0.25) is 0 Å². The van der Waals surface area contributed by atoms with E-state index in [0.717, 1.165) is 31.0 Å². The van der Waals surface area contributed by atoms with Gasteiger partial charge in [0.1, 0.15) is 0 Å². The Bertz CT molecular complexity index is 1040. The highest BCUT2D eigenvalue weighted by Crippen LogP contribution is 2.41. The van der Waals surface area contributed by atoms with E-state index in [2.05, 4.69) is 64.1 Å². The Morgan fingerprint density at radius 2 is 1.66 bits per heavy atom. The van der Waals surface area contributed by atoms with Crippen molar-refractivity contribution in [2.75, 3.05) is 23.3 Å². The van der Waals surface area contributed by atoms with Crippen LogP contribution in [-0.4, -0.2) is 25.0 Å². The molecule has 4 heteroatoms. The Labute approximate surface area is 190 Å². The first-order chi connectivity index (χ1) is 15.8. The molecular weight excluding hydrogens is 394 g/mol. The average molecular weight is 426 g/mol. The minimum absolute atomic E-state index is 0.0505. The SMILES string of the molecule is O=C(Nc1ccc(C2CC2NCc2ccccc2)cc1)c1cccc(N2CCCCC2)c1. The second kappa shape index (κ2) is 9.58. The quantitative estimate of drug-likeness (QED) is 0.520. The zero-order valence-electron chi connectivity index (χ0n) is 18.5. The van der Waals surface area contributed by atoms with Gasteiger partial charge >= 0.3 is 0 Å². The zero-order chi connectivity index (χ0) is 21.8. The normalized spacial score (nSPS) is 20.1. The predicted molar refractivity (Wildman–Crippen MR) is 131 cm³/mol. The molecule has 3 aromatic carbocycles. The van der Waals surface area contributed by atoms with Gasteiger partial charge in [-0.05, 0) is 67.1 Å². The van der Waals surface area contributed by atoms with Crippen LogP contribution < -0.4 is 15.5 Å². The minimum atomic E-state index is -0.0505. The van der Waals surface area contributed by atoms with E-state index >= 15 is 0 Å². The van der Waals surface area contributed by atoms with Gasteiger partial charge in [0.25, 0.3) is 5.91 Å². The summed E-state index contributed by atoms with van der Waals surface area (Å²) in [5.41, 5.74) is 5.36. The lowest BCUT2D eigenvalue weighted by Crippen LogP contribution is -2.29. The molecule has 2 N–H and O–H groups in total. The lowest BCUT2D eigenvalue weighted by molar-refractivity contribution is 0.102. The van der Waals surface area contributed by atoms with E-state index in [9.17, 15) is 4.79 Å². The molecule has 0 radical (unpaired) electrons. The number of hydrogen-bond donors (Lipinski definition) is 2. The molecule has 5 rings (SSSR count). The number of benzene rings is 3. The Morgan fingerprint density at radius 1 is 0.875 bits per heavy atom. The molecule has 1 heterocycles. The topological polar surface area (TPSA) is 44.4 Å². The summed E-state index contributed by atoms with van der Waals surface area (Å²) in [6, 6.07) is 27.4. The van der Waals surface area contributed by atoms with Crippen molar-refractivity contribution in [1.82, 2.24) is 5.32 Å². The van der Waals surface area contributed by atoms with Gasteiger partial charge in [0, 0.05) is 48.5 Å². The predicted octanol–water partition coefficient (Wildman–Crippen LogP) is 5.57. The van der Waals surface area contributed by atoms with E-state index in [1.807, 2.05) is 30.3 Å². The number of piperidine rings is 1. The van der Waals surface area contributed by atoms with Gasteiger partial charge in [-0.2, -0.15) is 0 Å². The average Bonchev–Trinajstić information content (AvgIpc) is 3.64. The lowest BCUT2D eigenvalue weighted by Gasteiger charge is -2.29. The van der Waals surface area contributed by atoms with Crippen molar-refractivity contribution in [3.8, 4) is 0 Å². The van der Waals surface area contributed by atoms with Gasteiger partial charge in [-0.3, -0.25) is 4.79 Å². The summed E-state index contributed by atoms with van der Waals surface area (Å²) in [7, 11) is 0. The monoisotopic (exact) mass is 425 g/mol. The maximum Gasteiger partial charge on any atom is 0.255 e. The van der Waals surface area contributed by atoms with Crippen molar-refractivity contribution in [3.05, 3.63) is 95.6 Å². The molecule has 0 spiro atoms. The number of carbonyl (C=O) groups excluding carboxylic acids is 1. The van der Waals surface area contributed by atoms with Gasteiger partial charge in [-0.15, -0.1) is 0 Å². The fraction of sp³-hybridized carbons (Fsp3) is 0.321. The molecule has 2 fully saturated rings. The highest BCUT2D eigenvalue weighted by molar-refractivity contribution is 6.04. The molecule has 0 aromatic heterocycles. The smallest absolute Gasteiger partial charge is 0.255 e. The highest BCUT2D eigenvalue weighted by atomic mass is 16.1. The van der Waals surface area contributed by atoms with E-state index < -0.39 is 0 Å². The molecular formula is C28H31N3O. The van der Waals surface area contributed by atoms with Crippen molar-refractivity contribution < 1.29 is 4.79 Å². The van der Waals surface area contributed by atoms with Crippen molar-refractivity contribution in [2.24, 2.45) is 0 Å². The first-order valence-corrected chi connectivity index (χ1v) is 11.8. The van der Waals surface area contributed by atoms with E-state index in [1.54, 1.807) is 0 Å². The maximum atomic E-state index is 12.8. The Hall–Kier alpha value is -3.11. The molecule has 2 aliphatic rings. The highest BCUT2D eigenvalue weighted by Gasteiger charge is 2.37. The third-order valence-electron chi connectivity index (χ3n) is 6.63. The summed E-state index contributed by atoms with van der Waals surface area (Å²) in [6.45, 7) is 3.07. The molecule has 2 atom stereocenters. The molecule has 164 valence electrons. The van der Waals surface area contributed by atoms with E-state index in [1.165, 1.54) is 36.8 Å².